The quantitative estimate of drug-likeness (QED) is 0.697. The fourth-order valence-corrected chi connectivity index (χ4v) is 4.47. The summed E-state index contributed by atoms with van der Waals surface area (Å²) in [5.74, 6) is 0.635. The van der Waals surface area contributed by atoms with Crippen LogP contribution in [0.2, 0.25) is 0 Å². The highest BCUT2D eigenvalue weighted by atomic mass is 16.2. The van der Waals surface area contributed by atoms with Crippen molar-refractivity contribution in [2.24, 2.45) is 11.3 Å². The standard InChI is InChI=1S/C23H27N3O2.H2/c1-23(2,3)17-7-9-18(10-8-17)26-21(27)19-13-15(16-5-4-12-24-14-16)6-11-20(19)25-22(26)28;/h4-6,11-14,17-18H,7-10H2,1-3H3,(H,25,28);1H. The van der Waals surface area contributed by atoms with Crippen molar-refractivity contribution >= 4 is 10.9 Å². The molecule has 0 atom stereocenters. The summed E-state index contributed by atoms with van der Waals surface area (Å²) in [6.07, 6.45) is 7.35. The molecule has 1 aliphatic rings. The zero-order valence-corrected chi connectivity index (χ0v) is 16.7. The number of hydrogen-bond acceptors (Lipinski definition) is 3. The van der Waals surface area contributed by atoms with Crippen LogP contribution in [0.25, 0.3) is 22.0 Å². The van der Waals surface area contributed by atoms with Crippen molar-refractivity contribution in [3.63, 3.8) is 0 Å². The van der Waals surface area contributed by atoms with Crippen molar-refractivity contribution in [2.45, 2.75) is 52.5 Å². The van der Waals surface area contributed by atoms with Gasteiger partial charge in [-0.15, -0.1) is 0 Å². The van der Waals surface area contributed by atoms with Crippen molar-refractivity contribution in [1.29, 1.82) is 0 Å². The first-order valence-corrected chi connectivity index (χ1v) is 10.0. The van der Waals surface area contributed by atoms with Gasteiger partial charge in [-0.25, -0.2) is 4.79 Å². The Kier molecular flexibility index (Phi) is 4.69. The molecule has 1 N–H and O–H groups in total. The Morgan fingerprint density at radius 3 is 2.46 bits per heavy atom. The number of pyridine rings is 1. The predicted octanol–water partition coefficient (Wildman–Crippen LogP) is 4.78. The molecule has 148 valence electrons. The van der Waals surface area contributed by atoms with Gasteiger partial charge in [0.25, 0.3) is 5.56 Å². The van der Waals surface area contributed by atoms with Crippen LogP contribution in [0.4, 0.5) is 0 Å². The third-order valence-electron chi connectivity index (χ3n) is 6.21. The SMILES string of the molecule is CC(C)(C)C1CCC(n2c(=O)[nH]c3ccc(-c4cccnc4)cc3c2=O)CC1.[HH]. The molecule has 0 spiro atoms. The average molecular weight is 380 g/mol. The maximum absolute atomic E-state index is 13.2. The van der Waals surface area contributed by atoms with Crippen molar-refractivity contribution < 1.29 is 1.43 Å². The van der Waals surface area contributed by atoms with E-state index in [-0.39, 0.29) is 24.1 Å². The minimum absolute atomic E-state index is 0. The lowest BCUT2D eigenvalue weighted by Gasteiger charge is -2.37. The van der Waals surface area contributed by atoms with Crippen LogP contribution in [0, 0.1) is 11.3 Å². The first-order valence-electron chi connectivity index (χ1n) is 10.0. The molecule has 1 fully saturated rings. The van der Waals surface area contributed by atoms with Crippen LogP contribution in [-0.2, 0) is 0 Å². The van der Waals surface area contributed by atoms with E-state index in [0.717, 1.165) is 36.8 Å². The minimum Gasteiger partial charge on any atom is -0.307 e. The fraction of sp³-hybridized carbons (Fsp3) is 0.435. The molecular weight excluding hydrogens is 350 g/mol. The van der Waals surface area contributed by atoms with Gasteiger partial charge in [-0.05, 0) is 60.8 Å². The van der Waals surface area contributed by atoms with Crippen LogP contribution in [0.15, 0.2) is 52.3 Å². The number of benzene rings is 1. The molecule has 4 rings (SSSR count). The molecule has 3 aromatic rings. The lowest BCUT2D eigenvalue weighted by atomic mass is 9.71. The lowest BCUT2D eigenvalue weighted by Crippen LogP contribution is -2.40. The highest BCUT2D eigenvalue weighted by Gasteiger charge is 2.31. The molecule has 0 unspecified atom stereocenters. The highest BCUT2D eigenvalue weighted by molar-refractivity contribution is 5.83. The monoisotopic (exact) mass is 379 g/mol. The van der Waals surface area contributed by atoms with E-state index in [4.69, 9.17) is 0 Å². The summed E-state index contributed by atoms with van der Waals surface area (Å²) in [6.45, 7) is 6.81. The number of fused-ring (bicyclic) bond motifs is 1. The first-order chi connectivity index (χ1) is 13.3. The minimum atomic E-state index is -0.300. The van der Waals surface area contributed by atoms with E-state index in [1.54, 1.807) is 18.5 Å². The molecule has 28 heavy (non-hydrogen) atoms. The molecule has 2 aromatic heterocycles. The Morgan fingerprint density at radius 1 is 1.07 bits per heavy atom. The normalized spacial score (nSPS) is 20.4. The zero-order chi connectivity index (χ0) is 19.9. The van der Waals surface area contributed by atoms with Gasteiger partial charge in [0.1, 0.15) is 0 Å². The lowest BCUT2D eigenvalue weighted by molar-refractivity contribution is 0.149. The number of aromatic nitrogens is 3. The van der Waals surface area contributed by atoms with E-state index in [9.17, 15) is 9.59 Å². The van der Waals surface area contributed by atoms with Gasteiger partial charge in [0, 0.05) is 25.4 Å². The van der Waals surface area contributed by atoms with Gasteiger partial charge >= 0.3 is 5.69 Å². The van der Waals surface area contributed by atoms with Gasteiger partial charge in [0.15, 0.2) is 0 Å². The van der Waals surface area contributed by atoms with E-state index < -0.39 is 0 Å². The maximum atomic E-state index is 13.2. The Balaban J connectivity index is 0.00000240. The summed E-state index contributed by atoms with van der Waals surface area (Å²) < 4.78 is 1.45. The van der Waals surface area contributed by atoms with Crippen LogP contribution < -0.4 is 11.2 Å². The fourth-order valence-electron chi connectivity index (χ4n) is 4.47. The Bertz CT molecular complexity index is 1100. The van der Waals surface area contributed by atoms with Gasteiger partial charge in [0.2, 0.25) is 0 Å². The molecule has 5 nitrogen and oxygen atoms in total. The second-order valence-corrected chi connectivity index (χ2v) is 8.98. The van der Waals surface area contributed by atoms with Crippen LogP contribution in [0.3, 0.4) is 0 Å². The van der Waals surface area contributed by atoms with Gasteiger partial charge in [-0.3, -0.25) is 14.3 Å². The maximum Gasteiger partial charge on any atom is 0.329 e. The van der Waals surface area contributed by atoms with Crippen LogP contribution in [0.1, 0.15) is 53.9 Å². The van der Waals surface area contributed by atoms with E-state index in [1.165, 1.54) is 4.57 Å². The van der Waals surface area contributed by atoms with E-state index in [2.05, 4.69) is 30.7 Å². The summed E-state index contributed by atoms with van der Waals surface area (Å²) in [6, 6.07) is 9.39. The van der Waals surface area contributed by atoms with Gasteiger partial charge in [-0.2, -0.15) is 0 Å². The molecule has 0 saturated heterocycles. The molecule has 0 aliphatic heterocycles. The molecule has 1 saturated carbocycles. The first kappa shape index (κ1) is 18.7. The summed E-state index contributed by atoms with van der Waals surface area (Å²) in [5.41, 5.74) is 2.24. The largest absolute Gasteiger partial charge is 0.329 e. The molecule has 0 radical (unpaired) electrons. The summed E-state index contributed by atoms with van der Waals surface area (Å²) in [5, 5.41) is 0.555. The van der Waals surface area contributed by atoms with E-state index in [0.29, 0.717) is 16.8 Å². The van der Waals surface area contributed by atoms with Crippen molar-refractivity contribution in [3.05, 3.63) is 63.6 Å². The third kappa shape index (κ3) is 3.41. The summed E-state index contributed by atoms with van der Waals surface area (Å²) in [7, 11) is 0. The van der Waals surface area contributed by atoms with E-state index in [1.807, 2.05) is 24.3 Å². The number of rotatable bonds is 2. The van der Waals surface area contributed by atoms with Gasteiger partial charge in [0.05, 0.1) is 10.9 Å². The molecule has 2 heterocycles. The number of nitrogens with one attached hydrogen (secondary N) is 1. The topological polar surface area (TPSA) is 67.8 Å². The molecule has 0 bridgehead atoms. The zero-order valence-electron chi connectivity index (χ0n) is 16.7. The van der Waals surface area contributed by atoms with Crippen molar-refractivity contribution in [3.8, 4) is 11.1 Å². The summed E-state index contributed by atoms with van der Waals surface area (Å²) >= 11 is 0. The molecule has 1 aliphatic carbocycles. The van der Waals surface area contributed by atoms with Crippen molar-refractivity contribution in [2.75, 3.05) is 0 Å². The molecule has 5 heteroatoms. The second kappa shape index (κ2) is 7.04. The van der Waals surface area contributed by atoms with Gasteiger partial charge in [-0.1, -0.05) is 32.9 Å². The average Bonchev–Trinajstić information content (AvgIpc) is 2.68. The Morgan fingerprint density at radius 2 is 1.82 bits per heavy atom. The third-order valence-corrected chi connectivity index (χ3v) is 6.21. The van der Waals surface area contributed by atoms with E-state index >= 15 is 0 Å². The highest BCUT2D eigenvalue weighted by Crippen LogP contribution is 2.40. The molecule has 0 amide bonds. The molecular formula is C23H29N3O2. The second-order valence-electron chi connectivity index (χ2n) is 8.98. The number of aromatic amines is 1. The van der Waals surface area contributed by atoms with Crippen molar-refractivity contribution in [1.82, 2.24) is 14.5 Å². The Hall–Kier alpha value is -2.69. The predicted molar refractivity (Wildman–Crippen MR) is 115 cm³/mol. The Labute approximate surface area is 165 Å². The smallest absolute Gasteiger partial charge is 0.307 e. The number of hydrogen-bond donors (Lipinski definition) is 1. The van der Waals surface area contributed by atoms with Crippen LogP contribution in [-0.4, -0.2) is 14.5 Å². The summed E-state index contributed by atoms with van der Waals surface area (Å²) in [4.78, 5) is 33.0. The molecule has 1 aromatic carbocycles. The number of nitrogens with zero attached hydrogens (tertiary/aromatic N) is 2. The van der Waals surface area contributed by atoms with Gasteiger partial charge < -0.3 is 4.98 Å². The van der Waals surface area contributed by atoms with Crippen LogP contribution >= 0.6 is 0 Å². The van der Waals surface area contributed by atoms with Crippen LogP contribution in [0.5, 0.6) is 0 Å². The number of H-pyrrole nitrogens is 1.